The lowest BCUT2D eigenvalue weighted by Gasteiger charge is -2.33. The quantitative estimate of drug-likeness (QED) is 0.427. The molecule has 2 atom stereocenters. The molecule has 168 valence electrons. The molecule has 1 aliphatic carbocycles. The van der Waals surface area contributed by atoms with E-state index in [1.165, 1.54) is 27.8 Å². The van der Waals surface area contributed by atoms with Gasteiger partial charge in [0, 0.05) is 18.2 Å². The molecular formula is C28H24N4O2. The van der Waals surface area contributed by atoms with Crippen molar-refractivity contribution in [2.45, 2.75) is 37.3 Å². The van der Waals surface area contributed by atoms with Crippen molar-refractivity contribution in [3.8, 4) is 11.1 Å². The first-order chi connectivity index (χ1) is 16.8. The average molecular weight is 449 g/mol. The predicted molar refractivity (Wildman–Crippen MR) is 129 cm³/mol. The maximum absolute atomic E-state index is 13.3. The SMILES string of the molecule is O=C(OCC1c2ccccc2-c2ccccc21)N1C2C=C(c3cnc4cccnn34)CC1CC2. The lowest BCUT2D eigenvalue weighted by molar-refractivity contribution is 0.0866. The van der Waals surface area contributed by atoms with Gasteiger partial charge in [0.2, 0.25) is 0 Å². The summed E-state index contributed by atoms with van der Waals surface area (Å²) in [6.45, 7) is 0.358. The summed E-state index contributed by atoms with van der Waals surface area (Å²) in [6.07, 6.45) is 8.41. The molecule has 1 fully saturated rings. The van der Waals surface area contributed by atoms with Gasteiger partial charge < -0.3 is 4.74 Å². The molecule has 7 rings (SSSR count). The smallest absolute Gasteiger partial charge is 0.410 e. The lowest BCUT2D eigenvalue weighted by atomic mass is 9.98. The number of benzene rings is 2. The third-order valence-electron chi connectivity index (χ3n) is 7.55. The Bertz CT molecular complexity index is 1410. The highest BCUT2D eigenvalue weighted by molar-refractivity contribution is 5.79. The zero-order valence-electron chi connectivity index (χ0n) is 18.7. The van der Waals surface area contributed by atoms with E-state index < -0.39 is 0 Å². The van der Waals surface area contributed by atoms with Crippen LogP contribution in [-0.2, 0) is 4.74 Å². The fraction of sp³-hybridized carbons (Fsp3) is 0.250. The summed E-state index contributed by atoms with van der Waals surface area (Å²) in [4.78, 5) is 19.7. The van der Waals surface area contributed by atoms with Gasteiger partial charge in [-0.2, -0.15) is 5.10 Å². The first kappa shape index (κ1) is 19.5. The van der Waals surface area contributed by atoms with E-state index >= 15 is 0 Å². The van der Waals surface area contributed by atoms with Crippen molar-refractivity contribution in [2.24, 2.45) is 0 Å². The second-order valence-electron chi connectivity index (χ2n) is 9.34. The normalized spacial score (nSPS) is 20.8. The second-order valence-corrected chi connectivity index (χ2v) is 9.34. The van der Waals surface area contributed by atoms with E-state index in [0.29, 0.717) is 6.61 Å². The molecule has 0 spiro atoms. The Morgan fingerprint density at radius 1 is 0.971 bits per heavy atom. The molecule has 0 saturated carbocycles. The van der Waals surface area contributed by atoms with Crippen molar-refractivity contribution in [2.75, 3.05) is 6.61 Å². The Kier molecular flexibility index (Phi) is 4.34. The van der Waals surface area contributed by atoms with E-state index in [1.54, 1.807) is 6.20 Å². The molecule has 6 nitrogen and oxygen atoms in total. The third-order valence-corrected chi connectivity index (χ3v) is 7.55. The molecule has 4 aromatic rings. The summed E-state index contributed by atoms with van der Waals surface area (Å²) < 4.78 is 7.87. The van der Waals surface area contributed by atoms with E-state index in [9.17, 15) is 4.79 Å². The molecule has 2 unspecified atom stereocenters. The van der Waals surface area contributed by atoms with Gasteiger partial charge in [0.25, 0.3) is 0 Å². The van der Waals surface area contributed by atoms with E-state index in [0.717, 1.165) is 30.6 Å². The van der Waals surface area contributed by atoms with Crippen molar-refractivity contribution >= 4 is 17.3 Å². The van der Waals surface area contributed by atoms with Gasteiger partial charge in [-0.15, -0.1) is 0 Å². The summed E-state index contributed by atoms with van der Waals surface area (Å²) in [5.41, 5.74) is 8.02. The third kappa shape index (κ3) is 2.91. The van der Waals surface area contributed by atoms with E-state index in [-0.39, 0.29) is 24.1 Å². The number of carbonyl (C=O) groups excluding carboxylic acids is 1. The van der Waals surface area contributed by atoms with Crippen LogP contribution in [0.15, 0.2) is 79.1 Å². The minimum Gasteiger partial charge on any atom is -0.448 e. The van der Waals surface area contributed by atoms with Crippen LogP contribution in [0.2, 0.25) is 0 Å². The van der Waals surface area contributed by atoms with Gasteiger partial charge in [0.15, 0.2) is 5.65 Å². The molecule has 2 aromatic carbocycles. The Balaban J connectivity index is 1.12. The minimum absolute atomic E-state index is 0.0543. The van der Waals surface area contributed by atoms with Crippen LogP contribution in [-0.4, -0.2) is 44.3 Å². The molecule has 2 aliphatic heterocycles. The van der Waals surface area contributed by atoms with Crippen LogP contribution in [0.5, 0.6) is 0 Å². The van der Waals surface area contributed by atoms with E-state index in [1.807, 2.05) is 27.7 Å². The molecule has 4 heterocycles. The second kappa shape index (κ2) is 7.55. The Labute approximate surface area is 197 Å². The lowest BCUT2D eigenvalue weighted by Crippen LogP contribution is -2.43. The number of nitrogens with zero attached hydrogens (tertiary/aromatic N) is 4. The highest BCUT2D eigenvalue weighted by Gasteiger charge is 2.41. The summed E-state index contributed by atoms with van der Waals surface area (Å²) >= 11 is 0. The van der Waals surface area contributed by atoms with Gasteiger partial charge in [-0.1, -0.05) is 54.6 Å². The fourth-order valence-electron chi connectivity index (χ4n) is 6.02. The topological polar surface area (TPSA) is 59.7 Å². The number of aromatic nitrogens is 3. The molecule has 3 aliphatic rings. The number of ether oxygens (including phenoxy) is 1. The summed E-state index contributed by atoms with van der Waals surface area (Å²) in [6, 6.07) is 20.9. The number of carbonyl (C=O) groups is 1. The summed E-state index contributed by atoms with van der Waals surface area (Å²) in [5, 5.41) is 4.46. The van der Waals surface area contributed by atoms with Crippen LogP contribution in [0.3, 0.4) is 0 Å². The largest absolute Gasteiger partial charge is 0.448 e. The molecule has 1 saturated heterocycles. The molecule has 0 radical (unpaired) electrons. The fourth-order valence-corrected chi connectivity index (χ4v) is 6.02. The average Bonchev–Trinajstić information content (AvgIpc) is 3.53. The van der Waals surface area contributed by atoms with Gasteiger partial charge in [-0.25, -0.2) is 14.3 Å². The first-order valence-corrected chi connectivity index (χ1v) is 11.9. The van der Waals surface area contributed by atoms with Gasteiger partial charge >= 0.3 is 6.09 Å². The molecule has 0 N–H and O–H groups in total. The monoisotopic (exact) mass is 448 g/mol. The Morgan fingerprint density at radius 3 is 2.50 bits per heavy atom. The highest BCUT2D eigenvalue weighted by Crippen LogP contribution is 2.45. The molecular weight excluding hydrogens is 424 g/mol. The molecule has 2 aromatic heterocycles. The number of rotatable bonds is 3. The van der Waals surface area contributed by atoms with E-state index in [2.05, 4.69) is 64.7 Å². The molecule has 34 heavy (non-hydrogen) atoms. The number of amides is 1. The van der Waals surface area contributed by atoms with Crippen LogP contribution < -0.4 is 0 Å². The van der Waals surface area contributed by atoms with Gasteiger partial charge in [0.05, 0.1) is 17.9 Å². The first-order valence-electron chi connectivity index (χ1n) is 11.9. The van der Waals surface area contributed by atoms with Crippen molar-refractivity contribution in [1.29, 1.82) is 0 Å². The number of imidazole rings is 1. The molecule has 1 amide bonds. The van der Waals surface area contributed by atoms with Crippen molar-refractivity contribution in [1.82, 2.24) is 19.5 Å². The summed E-state index contributed by atoms with van der Waals surface area (Å²) in [5.74, 6) is 0.0779. The zero-order chi connectivity index (χ0) is 22.6. The van der Waals surface area contributed by atoms with Gasteiger partial charge in [-0.05, 0) is 59.2 Å². The predicted octanol–water partition coefficient (Wildman–Crippen LogP) is 5.30. The van der Waals surface area contributed by atoms with E-state index in [4.69, 9.17) is 4.74 Å². The van der Waals surface area contributed by atoms with Gasteiger partial charge in [0.1, 0.15) is 6.61 Å². The van der Waals surface area contributed by atoms with Gasteiger partial charge in [-0.3, -0.25) is 4.90 Å². The van der Waals surface area contributed by atoms with Crippen LogP contribution in [0, 0.1) is 0 Å². The van der Waals surface area contributed by atoms with Crippen LogP contribution >= 0.6 is 0 Å². The van der Waals surface area contributed by atoms with Crippen LogP contribution in [0.1, 0.15) is 42.0 Å². The number of fused-ring (bicyclic) bond motifs is 6. The Hall–Kier alpha value is -3.93. The Morgan fingerprint density at radius 2 is 1.74 bits per heavy atom. The van der Waals surface area contributed by atoms with Crippen molar-refractivity contribution < 1.29 is 9.53 Å². The maximum atomic E-state index is 13.3. The maximum Gasteiger partial charge on any atom is 0.410 e. The minimum atomic E-state index is -0.207. The molecule has 2 bridgehead atoms. The summed E-state index contributed by atoms with van der Waals surface area (Å²) in [7, 11) is 0. The highest BCUT2D eigenvalue weighted by atomic mass is 16.6. The number of hydrogen-bond acceptors (Lipinski definition) is 4. The zero-order valence-corrected chi connectivity index (χ0v) is 18.7. The molecule has 6 heteroatoms. The van der Waals surface area contributed by atoms with Crippen molar-refractivity contribution in [3.63, 3.8) is 0 Å². The van der Waals surface area contributed by atoms with Crippen molar-refractivity contribution in [3.05, 3.63) is 96.0 Å². The number of hydrogen-bond donors (Lipinski definition) is 0. The standard InChI is InChI=1S/C28H24N4O2/c33-28(34-17-25-23-8-3-1-6-21(23)22-7-2-4-9-24(22)25)31-19-11-12-20(31)15-18(14-19)26-16-29-27-10-5-13-30-32(26)27/h1-10,13-14,16,19-20,25H,11-12,15,17H2. The van der Waals surface area contributed by atoms with Crippen LogP contribution in [0.4, 0.5) is 4.79 Å². The van der Waals surface area contributed by atoms with Crippen LogP contribution in [0.25, 0.3) is 22.3 Å².